The lowest BCUT2D eigenvalue weighted by molar-refractivity contribution is -0.149. The first-order valence-corrected chi connectivity index (χ1v) is 13.1. The van der Waals surface area contributed by atoms with Crippen molar-refractivity contribution >= 4 is 45.9 Å². The Labute approximate surface area is 236 Å². The third-order valence-corrected chi connectivity index (χ3v) is 7.58. The maximum absolute atomic E-state index is 14.2. The summed E-state index contributed by atoms with van der Waals surface area (Å²) in [6.45, 7) is 6.32. The summed E-state index contributed by atoms with van der Waals surface area (Å²) in [7, 11) is 0. The predicted octanol–water partition coefficient (Wildman–Crippen LogP) is 3.56. The maximum Gasteiger partial charge on any atom is 0.313 e. The van der Waals surface area contributed by atoms with Gasteiger partial charge < -0.3 is 15.5 Å². The lowest BCUT2D eigenvalue weighted by Crippen LogP contribution is -2.53. The van der Waals surface area contributed by atoms with Crippen molar-refractivity contribution in [3.63, 3.8) is 0 Å². The third-order valence-electron chi connectivity index (χ3n) is 7.58. The number of nitrogens with zero attached hydrogens (tertiary/aromatic N) is 4. The molecule has 40 heavy (non-hydrogen) atoms. The first kappa shape index (κ1) is 23.1. The molecule has 0 radical (unpaired) electrons. The molecule has 2 N–H and O–H groups in total. The number of hydrogen-bond donors (Lipinski definition) is 2. The maximum atomic E-state index is 14.2. The van der Waals surface area contributed by atoms with Crippen molar-refractivity contribution in [3.8, 4) is 0 Å². The molecule has 1 saturated heterocycles. The van der Waals surface area contributed by atoms with Gasteiger partial charge in [-0.2, -0.15) is 0 Å². The van der Waals surface area contributed by atoms with Crippen molar-refractivity contribution in [1.82, 2.24) is 14.8 Å². The summed E-state index contributed by atoms with van der Waals surface area (Å²) >= 11 is 0. The third kappa shape index (κ3) is 4.64. The molecule has 10 nitrogen and oxygen atoms in total. The summed E-state index contributed by atoms with van der Waals surface area (Å²) in [5, 5.41) is 5.93. The van der Waals surface area contributed by atoms with Crippen LogP contribution in [0.2, 0.25) is 0 Å². The Hall–Kier alpha value is -4.78. The molecule has 5 rings (SSSR count). The van der Waals surface area contributed by atoms with Crippen molar-refractivity contribution in [2.45, 2.75) is 50.2 Å². The molecular weight excluding hydrogens is 508 g/mol. The van der Waals surface area contributed by atoms with Crippen molar-refractivity contribution in [1.29, 1.82) is 0 Å². The van der Waals surface area contributed by atoms with Crippen LogP contribution < -0.4 is 10.6 Å². The van der Waals surface area contributed by atoms with Gasteiger partial charge in [0.15, 0.2) is 0 Å². The highest BCUT2D eigenvalue weighted by Crippen LogP contribution is 2.46. The Morgan fingerprint density at radius 1 is 1.27 bits per heavy atom. The van der Waals surface area contributed by atoms with Gasteiger partial charge in [-0.15, -0.1) is 0 Å². The minimum absolute atomic E-state index is 0.0166. The van der Waals surface area contributed by atoms with Gasteiger partial charge in [0, 0.05) is 28.7 Å². The summed E-state index contributed by atoms with van der Waals surface area (Å²) in [6.07, 6.45) is 1.19. The summed E-state index contributed by atoms with van der Waals surface area (Å²) < 4.78 is 24.5. The molecule has 3 aromatic rings. The van der Waals surface area contributed by atoms with Crippen LogP contribution in [0.1, 0.15) is 42.3 Å². The van der Waals surface area contributed by atoms with Gasteiger partial charge in [-0.05, 0) is 30.2 Å². The van der Waals surface area contributed by atoms with E-state index in [1.165, 1.54) is 11.1 Å². The fourth-order valence-electron chi connectivity index (χ4n) is 5.48. The zero-order chi connectivity index (χ0) is 30.9. The van der Waals surface area contributed by atoms with E-state index in [2.05, 4.69) is 20.5 Å². The van der Waals surface area contributed by atoms with Gasteiger partial charge in [-0.25, -0.2) is 6.57 Å². The van der Waals surface area contributed by atoms with Crippen LogP contribution in [0.3, 0.4) is 0 Å². The van der Waals surface area contributed by atoms with Crippen molar-refractivity contribution in [2.75, 3.05) is 24.2 Å². The summed E-state index contributed by atoms with van der Waals surface area (Å²) in [6, 6.07) is 14.2. The fourth-order valence-corrected chi connectivity index (χ4v) is 5.48. The number of likely N-dealkylation sites (N-methyl/N-ethyl adjacent to an activating group) is 1. The number of nitrogens with one attached hydrogen (secondary N) is 2. The van der Waals surface area contributed by atoms with Crippen LogP contribution in [0.15, 0.2) is 60.8 Å². The summed E-state index contributed by atoms with van der Waals surface area (Å²) in [5.41, 5.74) is 0.900. The standard InChI is InChI=1S/C30H30N6O4/c1-4-5-14-24(35(3)28(39)26(37)33-20-15-19-10-6-8-12-22(19)32-17-20)27(38)36-18-30(16-25(36)31-2)21-11-7-9-13-23(21)34-29(30)40/h6-13,15,17,24-25H,4-5,14,16,18H2,1,3H3,(H,33,37)(H,34,40)/t24-,25-,30-/m0/s1/i3D3. The number of amides is 4. The van der Waals surface area contributed by atoms with Gasteiger partial charge in [0.05, 0.1) is 23.8 Å². The minimum Gasteiger partial charge on any atom is -0.325 e. The predicted molar refractivity (Wildman–Crippen MR) is 150 cm³/mol. The van der Waals surface area contributed by atoms with Crippen LogP contribution in [0, 0.1) is 6.57 Å². The highest BCUT2D eigenvalue weighted by Gasteiger charge is 2.59. The van der Waals surface area contributed by atoms with E-state index in [-0.39, 0.29) is 31.0 Å². The van der Waals surface area contributed by atoms with Crippen molar-refractivity contribution in [2.24, 2.45) is 0 Å². The number of aromatic nitrogens is 1. The number of carbonyl (C=O) groups is 4. The molecule has 204 valence electrons. The smallest absolute Gasteiger partial charge is 0.313 e. The Balaban J connectivity index is 1.45. The van der Waals surface area contributed by atoms with Gasteiger partial charge in [-0.1, -0.05) is 56.2 Å². The molecule has 1 fully saturated rings. The van der Waals surface area contributed by atoms with Gasteiger partial charge in [0.2, 0.25) is 5.91 Å². The number of likely N-dealkylation sites (tertiary alicyclic amines) is 1. The number of pyridine rings is 1. The molecule has 0 bridgehead atoms. The number of hydrogen-bond acceptors (Lipinski definition) is 5. The molecule has 3 heterocycles. The molecule has 0 saturated carbocycles. The average Bonchev–Trinajstić information content (AvgIpc) is 3.51. The van der Waals surface area contributed by atoms with Crippen LogP contribution in [0.25, 0.3) is 15.7 Å². The van der Waals surface area contributed by atoms with Gasteiger partial charge >= 0.3 is 18.0 Å². The van der Waals surface area contributed by atoms with Crippen molar-refractivity contribution in [3.05, 3.63) is 77.8 Å². The van der Waals surface area contributed by atoms with Gasteiger partial charge in [0.25, 0.3) is 5.91 Å². The lowest BCUT2D eigenvalue weighted by atomic mass is 9.80. The largest absolute Gasteiger partial charge is 0.325 e. The second-order valence-electron chi connectivity index (χ2n) is 10.1. The molecule has 0 unspecified atom stereocenters. The number of para-hydroxylation sites is 2. The highest BCUT2D eigenvalue weighted by molar-refractivity contribution is 6.39. The Morgan fingerprint density at radius 2 is 2.05 bits per heavy atom. The molecule has 0 aliphatic carbocycles. The van der Waals surface area contributed by atoms with E-state index in [9.17, 15) is 19.2 Å². The second kappa shape index (κ2) is 10.8. The molecule has 2 aromatic carbocycles. The molecule has 1 aromatic heterocycles. The number of anilines is 2. The molecule has 2 aliphatic heterocycles. The van der Waals surface area contributed by atoms with Crippen LogP contribution in [-0.2, 0) is 24.6 Å². The molecule has 2 aliphatic rings. The SMILES string of the molecule is [2H]C([2H])([2H])N(C(=O)C(=O)Nc1cnc2ccccc2c1)[C@@H](CCCC)C(=O)N1C[C@]2(C[C@H]1[N+]#[C-])C(=O)Nc1ccccc12. The fraction of sp³-hybridized carbons (Fsp3) is 0.333. The van der Waals surface area contributed by atoms with Crippen molar-refractivity contribution < 1.29 is 23.3 Å². The van der Waals surface area contributed by atoms with E-state index in [0.717, 1.165) is 0 Å². The monoisotopic (exact) mass is 541 g/mol. The van der Waals surface area contributed by atoms with E-state index in [1.807, 2.05) is 6.92 Å². The summed E-state index contributed by atoms with van der Waals surface area (Å²) in [4.78, 5) is 63.4. The van der Waals surface area contributed by atoms with Crippen LogP contribution in [0.4, 0.5) is 11.4 Å². The van der Waals surface area contributed by atoms with E-state index in [0.29, 0.717) is 39.9 Å². The highest BCUT2D eigenvalue weighted by atomic mass is 16.2. The lowest BCUT2D eigenvalue weighted by Gasteiger charge is -2.31. The van der Waals surface area contributed by atoms with Crippen LogP contribution in [-0.4, -0.2) is 64.1 Å². The second-order valence-corrected chi connectivity index (χ2v) is 10.1. The van der Waals surface area contributed by atoms with E-state index in [4.69, 9.17) is 10.7 Å². The number of carbonyl (C=O) groups excluding carboxylic acids is 4. The minimum atomic E-state index is -3.16. The summed E-state index contributed by atoms with van der Waals surface area (Å²) in [5.74, 6) is -3.81. The molecule has 3 atom stereocenters. The number of unbranched alkanes of at least 4 members (excludes halogenated alkanes) is 1. The average molecular weight is 542 g/mol. The first-order valence-electron chi connectivity index (χ1n) is 14.6. The van der Waals surface area contributed by atoms with E-state index in [1.54, 1.807) is 54.6 Å². The molecule has 1 spiro atoms. The first-order chi connectivity index (χ1) is 20.5. The van der Waals surface area contributed by atoms with Gasteiger partial charge in [-0.3, -0.25) is 33.9 Å². The number of rotatable bonds is 6. The normalized spacial score (nSPS) is 21.5. The number of fused-ring (bicyclic) bond motifs is 3. The van der Waals surface area contributed by atoms with Gasteiger partial charge in [0.1, 0.15) is 11.5 Å². The number of benzene rings is 2. The van der Waals surface area contributed by atoms with Crippen LogP contribution in [0.5, 0.6) is 0 Å². The molecule has 4 amide bonds. The topological polar surface area (TPSA) is 116 Å². The van der Waals surface area contributed by atoms with E-state index < -0.39 is 42.3 Å². The zero-order valence-electron chi connectivity index (χ0n) is 24.9. The molecule has 10 heteroatoms. The van der Waals surface area contributed by atoms with Crippen LogP contribution >= 0.6 is 0 Å². The zero-order valence-corrected chi connectivity index (χ0v) is 21.9. The molecular formula is C30H30N6O4. The van der Waals surface area contributed by atoms with E-state index >= 15 is 0 Å². The Morgan fingerprint density at radius 3 is 2.83 bits per heavy atom. The Kier molecular flexibility index (Phi) is 6.23. The Bertz CT molecular complexity index is 1650. The quantitative estimate of drug-likeness (QED) is 0.366.